The Bertz CT molecular complexity index is 390. The molecule has 1 N–H and O–H groups in total. The molecule has 3 nitrogen and oxygen atoms in total. The van der Waals surface area contributed by atoms with Crippen molar-refractivity contribution < 1.29 is 5.11 Å². The van der Waals surface area contributed by atoms with Gasteiger partial charge in [0.15, 0.2) is 0 Å². The molecule has 1 heterocycles. The summed E-state index contributed by atoms with van der Waals surface area (Å²) >= 11 is 0. The monoisotopic (exact) mass is 264 g/mol. The first-order chi connectivity index (χ1) is 8.97. The number of aliphatic hydroxyl groups is 1. The summed E-state index contributed by atoms with van der Waals surface area (Å²) in [5, 5.41) is 9.37. The van der Waals surface area contributed by atoms with Crippen molar-refractivity contribution in [1.29, 1.82) is 0 Å². The number of pyridine rings is 1. The molecule has 1 aromatic rings. The van der Waals surface area contributed by atoms with Gasteiger partial charge in [-0.25, -0.2) is 4.98 Å². The maximum Gasteiger partial charge on any atom is 0.129 e. The third kappa shape index (κ3) is 4.83. The summed E-state index contributed by atoms with van der Waals surface area (Å²) in [7, 11) is 2.09. The summed E-state index contributed by atoms with van der Waals surface area (Å²) in [5.41, 5.74) is 2.03. The fraction of sp³-hybridized carbons (Fsp3) is 0.688. The number of nitrogens with zero attached hydrogens (tertiary/aromatic N) is 2. The molecule has 0 saturated heterocycles. The summed E-state index contributed by atoms with van der Waals surface area (Å²) < 4.78 is 0. The van der Waals surface area contributed by atoms with Gasteiger partial charge in [0.25, 0.3) is 0 Å². The van der Waals surface area contributed by atoms with Crippen LogP contribution in [0.4, 0.5) is 5.82 Å². The van der Waals surface area contributed by atoms with E-state index in [2.05, 4.69) is 39.6 Å². The second kappa shape index (κ2) is 7.49. The van der Waals surface area contributed by atoms with Crippen LogP contribution in [-0.4, -0.2) is 23.2 Å². The van der Waals surface area contributed by atoms with Crippen LogP contribution in [0.15, 0.2) is 12.1 Å². The maximum atomic E-state index is 9.37. The highest BCUT2D eigenvalue weighted by Crippen LogP contribution is 2.20. The molecule has 0 aliphatic carbocycles. The summed E-state index contributed by atoms with van der Waals surface area (Å²) in [5.74, 6) is 1.65. The maximum absolute atomic E-state index is 9.37. The minimum atomic E-state index is 0.0820. The number of aryl methyl sites for hydroxylation is 1. The molecule has 0 amide bonds. The van der Waals surface area contributed by atoms with Gasteiger partial charge in [-0.3, -0.25) is 0 Å². The molecule has 1 rings (SSSR count). The Kier molecular flexibility index (Phi) is 6.29. The average molecular weight is 264 g/mol. The molecule has 0 aliphatic rings. The number of hydrogen-bond donors (Lipinski definition) is 1. The Morgan fingerprint density at radius 2 is 1.95 bits per heavy atom. The second-order valence-electron chi connectivity index (χ2n) is 5.82. The highest BCUT2D eigenvalue weighted by molar-refractivity contribution is 5.42. The van der Waals surface area contributed by atoms with E-state index in [1.54, 1.807) is 0 Å². The zero-order valence-electron chi connectivity index (χ0n) is 13.0. The van der Waals surface area contributed by atoms with E-state index in [1.165, 1.54) is 0 Å². The summed E-state index contributed by atoms with van der Waals surface area (Å²) in [6.45, 7) is 8.94. The molecule has 1 unspecified atom stereocenters. The summed E-state index contributed by atoms with van der Waals surface area (Å²) in [4.78, 5) is 6.93. The lowest BCUT2D eigenvalue weighted by Crippen LogP contribution is -2.31. The molecular formula is C16H28N2O. The predicted molar refractivity (Wildman–Crippen MR) is 81.5 cm³/mol. The van der Waals surface area contributed by atoms with Crippen LogP contribution in [0.1, 0.15) is 51.8 Å². The van der Waals surface area contributed by atoms with E-state index in [0.29, 0.717) is 12.0 Å². The molecular weight excluding hydrogens is 236 g/mol. The van der Waals surface area contributed by atoms with Crippen molar-refractivity contribution in [1.82, 2.24) is 4.98 Å². The first-order valence-corrected chi connectivity index (χ1v) is 7.31. The topological polar surface area (TPSA) is 36.4 Å². The van der Waals surface area contributed by atoms with E-state index in [4.69, 9.17) is 4.98 Å². The SMILES string of the molecule is CCCc1cc(CO)cc(N(C)C(C)CC(C)C)n1. The predicted octanol–water partition coefficient (Wildman–Crippen LogP) is 3.40. The summed E-state index contributed by atoms with van der Waals surface area (Å²) in [6.07, 6.45) is 3.18. The fourth-order valence-corrected chi connectivity index (χ4v) is 2.36. The lowest BCUT2D eigenvalue weighted by Gasteiger charge is -2.28. The minimum absolute atomic E-state index is 0.0820. The van der Waals surface area contributed by atoms with Gasteiger partial charge in [-0.05, 0) is 43.4 Å². The molecule has 0 bridgehead atoms. The van der Waals surface area contributed by atoms with E-state index in [0.717, 1.165) is 36.3 Å². The van der Waals surface area contributed by atoms with Gasteiger partial charge in [0.05, 0.1) is 6.61 Å². The van der Waals surface area contributed by atoms with Crippen molar-refractivity contribution in [3.05, 3.63) is 23.4 Å². The van der Waals surface area contributed by atoms with Gasteiger partial charge in [-0.2, -0.15) is 0 Å². The quantitative estimate of drug-likeness (QED) is 0.820. The van der Waals surface area contributed by atoms with Crippen molar-refractivity contribution in [3.8, 4) is 0 Å². The van der Waals surface area contributed by atoms with Crippen molar-refractivity contribution >= 4 is 5.82 Å². The molecule has 0 spiro atoms. The largest absolute Gasteiger partial charge is 0.392 e. The Morgan fingerprint density at radius 1 is 1.26 bits per heavy atom. The lowest BCUT2D eigenvalue weighted by atomic mass is 10.0. The number of aliphatic hydroxyl groups excluding tert-OH is 1. The normalized spacial score (nSPS) is 12.8. The van der Waals surface area contributed by atoms with E-state index in [9.17, 15) is 5.11 Å². The average Bonchev–Trinajstić information content (AvgIpc) is 2.37. The molecule has 19 heavy (non-hydrogen) atoms. The van der Waals surface area contributed by atoms with E-state index >= 15 is 0 Å². The molecule has 108 valence electrons. The van der Waals surface area contributed by atoms with Gasteiger partial charge in [0.1, 0.15) is 5.82 Å². The smallest absolute Gasteiger partial charge is 0.129 e. The van der Waals surface area contributed by atoms with Crippen LogP contribution < -0.4 is 4.90 Å². The zero-order chi connectivity index (χ0) is 14.4. The molecule has 0 saturated carbocycles. The Morgan fingerprint density at radius 3 is 2.47 bits per heavy atom. The highest BCUT2D eigenvalue weighted by Gasteiger charge is 2.14. The molecule has 0 aromatic carbocycles. The Hall–Kier alpha value is -1.09. The number of anilines is 1. The first kappa shape index (κ1) is 16.0. The first-order valence-electron chi connectivity index (χ1n) is 7.31. The third-order valence-electron chi connectivity index (χ3n) is 3.45. The lowest BCUT2D eigenvalue weighted by molar-refractivity contribution is 0.281. The van der Waals surface area contributed by atoms with Gasteiger partial charge in [-0.1, -0.05) is 27.2 Å². The van der Waals surface area contributed by atoms with Gasteiger partial charge >= 0.3 is 0 Å². The van der Waals surface area contributed by atoms with Crippen molar-refractivity contribution in [2.75, 3.05) is 11.9 Å². The van der Waals surface area contributed by atoms with Gasteiger partial charge in [-0.15, -0.1) is 0 Å². The van der Waals surface area contributed by atoms with E-state index in [-0.39, 0.29) is 6.61 Å². The fourth-order valence-electron chi connectivity index (χ4n) is 2.36. The van der Waals surface area contributed by atoms with Crippen molar-refractivity contribution in [3.63, 3.8) is 0 Å². The van der Waals surface area contributed by atoms with Crippen LogP contribution in [0.25, 0.3) is 0 Å². The Labute approximate surface area is 117 Å². The molecule has 0 fully saturated rings. The van der Waals surface area contributed by atoms with Crippen LogP contribution >= 0.6 is 0 Å². The number of aromatic nitrogens is 1. The van der Waals surface area contributed by atoms with Gasteiger partial charge in [0.2, 0.25) is 0 Å². The number of rotatable bonds is 7. The van der Waals surface area contributed by atoms with E-state index in [1.807, 2.05) is 12.1 Å². The molecule has 1 atom stereocenters. The molecule has 1 aromatic heterocycles. The van der Waals surface area contributed by atoms with Crippen LogP contribution in [0.3, 0.4) is 0 Å². The van der Waals surface area contributed by atoms with Crippen LogP contribution in [0.2, 0.25) is 0 Å². The third-order valence-corrected chi connectivity index (χ3v) is 3.45. The molecule has 0 aliphatic heterocycles. The van der Waals surface area contributed by atoms with Crippen LogP contribution in [0, 0.1) is 5.92 Å². The van der Waals surface area contributed by atoms with E-state index < -0.39 is 0 Å². The Balaban J connectivity index is 2.94. The van der Waals surface area contributed by atoms with Gasteiger partial charge < -0.3 is 10.0 Å². The van der Waals surface area contributed by atoms with Crippen LogP contribution in [-0.2, 0) is 13.0 Å². The van der Waals surface area contributed by atoms with Gasteiger partial charge in [0, 0.05) is 18.8 Å². The summed E-state index contributed by atoms with van der Waals surface area (Å²) in [6, 6.07) is 4.46. The molecule has 0 radical (unpaired) electrons. The standard InChI is InChI=1S/C16H28N2O/c1-6-7-15-9-14(11-19)10-16(17-15)18(5)13(4)8-12(2)3/h9-10,12-13,19H,6-8,11H2,1-5H3. The number of hydrogen-bond acceptors (Lipinski definition) is 3. The second-order valence-corrected chi connectivity index (χ2v) is 5.82. The zero-order valence-corrected chi connectivity index (χ0v) is 13.0. The minimum Gasteiger partial charge on any atom is -0.392 e. The highest BCUT2D eigenvalue weighted by atomic mass is 16.3. The van der Waals surface area contributed by atoms with Crippen molar-refractivity contribution in [2.45, 2.75) is 59.6 Å². The van der Waals surface area contributed by atoms with Crippen LogP contribution in [0.5, 0.6) is 0 Å². The molecule has 3 heteroatoms. The van der Waals surface area contributed by atoms with Crippen molar-refractivity contribution in [2.24, 2.45) is 5.92 Å².